The van der Waals surface area contributed by atoms with Crippen LogP contribution in [0.1, 0.15) is 26.7 Å². The smallest absolute Gasteiger partial charge is 0.250 e. The first-order chi connectivity index (χ1) is 9.52. The number of hydrogen-bond acceptors (Lipinski definition) is 4. The summed E-state index contributed by atoms with van der Waals surface area (Å²) < 4.78 is 1.65. The van der Waals surface area contributed by atoms with Crippen molar-refractivity contribution in [2.24, 2.45) is 5.92 Å². The minimum atomic E-state index is -0.0216. The highest BCUT2D eigenvalue weighted by molar-refractivity contribution is 5.33. The van der Waals surface area contributed by atoms with E-state index in [9.17, 15) is 4.79 Å². The van der Waals surface area contributed by atoms with E-state index in [1.807, 2.05) is 0 Å². The highest BCUT2D eigenvalue weighted by Crippen LogP contribution is 2.03. The molecular weight excluding hydrogens is 252 g/mol. The predicted octanol–water partition coefficient (Wildman–Crippen LogP) is 1.69. The molecule has 20 heavy (non-hydrogen) atoms. The quantitative estimate of drug-likeness (QED) is 0.784. The summed E-state index contributed by atoms with van der Waals surface area (Å²) >= 11 is 0. The van der Waals surface area contributed by atoms with Gasteiger partial charge in [-0.15, -0.1) is 0 Å². The van der Waals surface area contributed by atoms with Crippen molar-refractivity contribution < 1.29 is 0 Å². The van der Waals surface area contributed by atoms with Gasteiger partial charge in [-0.2, -0.15) is 5.26 Å². The summed E-state index contributed by atoms with van der Waals surface area (Å²) in [5.74, 6) is 0.573. The van der Waals surface area contributed by atoms with Gasteiger partial charge in [0.15, 0.2) is 0 Å². The number of anilines is 1. The molecule has 5 heteroatoms. The van der Waals surface area contributed by atoms with Crippen molar-refractivity contribution >= 4 is 5.69 Å². The largest absolute Gasteiger partial charge is 0.398 e. The molecule has 0 amide bonds. The molecule has 0 spiro atoms. The van der Waals surface area contributed by atoms with Crippen LogP contribution in [-0.2, 0) is 6.54 Å². The number of rotatable bonds is 8. The lowest BCUT2D eigenvalue weighted by Crippen LogP contribution is -2.31. The number of nitrogens with zero attached hydrogens (tertiary/aromatic N) is 3. The Morgan fingerprint density at radius 2 is 2.15 bits per heavy atom. The van der Waals surface area contributed by atoms with E-state index in [4.69, 9.17) is 11.0 Å². The summed E-state index contributed by atoms with van der Waals surface area (Å²) in [5.41, 5.74) is 6.27. The zero-order valence-electron chi connectivity index (χ0n) is 12.4. The van der Waals surface area contributed by atoms with Gasteiger partial charge in [0.25, 0.3) is 5.56 Å². The van der Waals surface area contributed by atoms with Crippen LogP contribution in [0.15, 0.2) is 23.1 Å². The van der Waals surface area contributed by atoms with Crippen molar-refractivity contribution in [3.8, 4) is 6.07 Å². The molecule has 0 saturated carbocycles. The van der Waals surface area contributed by atoms with Gasteiger partial charge in [0, 0.05) is 44.0 Å². The standard InChI is InChI=1S/C15H24N4O/c1-13(2)11-18(8-3-7-16)9-4-10-19-12-14(17)5-6-15(19)20/h5-6,12-13H,3-4,8-11,17H2,1-2H3. The summed E-state index contributed by atoms with van der Waals surface area (Å²) in [7, 11) is 0. The summed E-state index contributed by atoms with van der Waals surface area (Å²) in [6, 6.07) is 5.30. The third kappa shape index (κ3) is 5.89. The number of pyridine rings is 1. The topological polar surface area (TPSA) is 75.1 Å². The van der Waals surface area contributed by atoms with Crippen LogP contribution in [0, 0.1) is 17.2 Å². The normalized spacial score (nSPS) is 10.9. The first-order valence-electron chi connectivity index (χ1n) is 7.08. The maximum atomic E-state index is 11.6. The number of nitriles is 1. The third-order valence-electron chi connectivity index (χ3n) is 3.04. The van der Waals surface area contributed by atoms with E-state index < -0.39 is 0 Å². The van der Waals surface area contributed by atoms with E-state index in [1.165, 1.54) is 6.07 Å². The molecule has 0 aliphatic rings. The molecule has 5 nitrogen and oxygen atoms in total. The Morgan fingerprint density at radius 3 is 2.80 bits per heavy atom. The molecule has 0 atom stereocenters. The number of aryl methyl sites for hydroxylation is 1. The van der Waals surface area contributed by atoms with Crippen LogP contribution < -0.4 is 11.3 Å². The number of nitrogen functional groups attached to an aromatic ring is 1. The average Bonchev–Trinajstić information content (AvgIpc) is 2.39. The fraction of sp³-hybridized carbons (Fsp3) is 0.600. The first kappa shape index (κ1) is 16.3. The van der Waals surface area contributed by atoms with Crippen LogP contribution >= 0.6 is 0 Å². The molecule has 0 aromatic carbocycles. The van der Waals surface area contributed by atoms with Gasteiger partial charge in [-0.05, 0) is 24.9 Å². The second-order valence-electron chi connectivity index (χ2n) is 5.45. The molecule has 1 aromatic rings. The van der Waals surface area contributed by atoms with Crippen LogP contribution in [0.25, 0.3) is 0 Å². The van der Waals surface area contributed by atoms with E-state index in [0.29, 0.717) is 24.6 Å². The first-order valence-corrected chi connectivity index (χ1v) is 7.08. The van der Waals surface area contributed by atoms with Gasteiger partial charge in [-0.25, -0.2) is 0 Å². The summed E-state index contributed by atoms with van der Waals surface area (Å²) in [5, 5.41) is 8.68. The van der Waals surface area contributed by atoms with Gasteiger partial charge >= 0.3 is 0 Å². The lowest BCUT2D eigenvalue weighted by Gasteiger charge is -2.23. The van der Waals surface area contributed by atoms with E-state index >= 15 is 0 Å². The molecule has 110 valence electrons. The number of aromatic nitrogens is 1. The third-order valence-corrected chi connectivity index (χ3v) is 3.04. The molecule has 0 fully saturated rings. The van der Waals surface area contributed by atoms with Crippen molar-refractivity contribution in [1.29, 1.82) is 5.26 Å². The minimum absolute atomic E-state index is 0.0216. The Balaban J connectivity index is 2.48. The van der Waals surface area contributed by atoms with E-state index in [2.05, 4.69) is 24.8 Å². The molecule has 0 aliphatic heterocycles. The fourth-order valence-electron chi connectivity index (χ4n) is 2.21. The van der Waals surface area contributed by atoms with Crippen molar-refractivity contribution in [3.05, 3.63) is 28.7 Å². The van der Waals surface area contributed by atoms with Gasteiger partial charge in [0.2, 0.25) is 0 Å². The highest BCUT2D eigenvalue weighted by Gasteiger charge is 2.07. The zero-order valence-corrected chi connectivity index (χ0v) is 12.4. The van der Waals surface area contributed by atoms with Gasteiger partial charge in [0.05, 0.1) is 6.07 Å². The van der Waals surface area contributed by atoms with Gasteiger partial charge < -0.3 is 15.2 Å². The second-order valence-corrected chi connectivity index (χ2v) is 5.45. The summed E-state index contributed by atoms with van der Waals surface area (Å²) in [6.07, 6.45) is 3.11. The van der Waals surface area contributed by atoms with Gasteiger partial charge in [0.1, 0.15) is 0 Å². The fourth-order valence-corrected chi connectivity index (χ4v) is 2.21. The lowest BCUT2D eigenvalue weighted by atomic mass is 10.2. The van der Waals surface area contributed by atoms with Crippen LogP contribution in [-0.4, -0.2) is 29.1 Å². The van der Waals surface area contributed by atoms with Crippen LogP contribution in [0.2, 0.25) is 0 Å². The maximum absolute atomic E-state index is 11.6. The Morgan fingerprint density at radius 1 is 1.40 bits per heavy atom. The Bertz CT molecular complexity index is 501. The van der Waals surface area contributed by atoms with E-state index in [0.717, 1.165) is 26.1 Å². The number of nitrogens with two attached hydrogens (primary N) is 1. The van der Waals surface area contributed by atoms with Crippen LogP contribution in [0.5, 0.6) is 0 Å². The van der Waals surface area contributed by atoms with Crippen LogP contribution in [0.4, 0.5) is 5.69 Å². The average molecular weight is 276 g/mol. The Labute approximate surface area is 120 Å². The summed E-state index contributed by atoms with van der Waals surface area (Å²) in [4.78, 5) is 13.9. The van der Waals surface area contributed by atoms with Crippen molar-refractivity contribution in [2.45, 2.75) is 33.2 Å². The predicted molar refractivity (Wildman–Crippen MR) is 81.2 cm³/mol. The maximum Gasteiger partial charge on any atom is 0.250 e. The monoisotopic (exact) mass is 276 g/mol. The Hall–Kier alpha value is -1.80. The molecule has 0 unspecified atom stereocenters. The lowest BCUT2D eigenvalue weighted by molar-refractivity contribution is 0.242. The molecule has 1 heterocycles. The Kier molecular flexibility index (Phi) is 6.82. The zero-order chi connectivity index (χ0) is 15.0. The SMILES string of the molecule is CC(C)CN(CCC#N)CCCn1cc(N)ccc1=O. The van der Waals surface area contributed by atoms with Crippen molar-refractivity contribution in [1.82, 2.24) is 9.47 Å². The molecular formula is C15H24N4O. The molecule has 2 N–H and O–H groups in total. The van der Waals surface area contributed by atoms with Crippen molar-refractivity contribution in [2.75, 3.05) is 25.4 Å². The number of hydrogen-bond donors (Lipinski definition) is 1. The molecule has 1 rings (SSSR count). The molecule has 0 aliphatic carbocycles. The molecule has 1 aromatic heterocycles. The van der Waals surface area contributed by atoms with E-state index in [-0.39, 0.29) is 5.56 Å². The second kappa shape index (κ2) is 8.39. The van der Waals surface area contributed by atoms with Crippen LogP contribution in [0.3, 0.4) is 0 Å². The molecule has 0 bridgehead atoms. The summed E-state index contributed by atoms with van der Waals surface area (Å²) in [6.45, 7) is 7.66. The minimum Gasteiger partial charge on any atom is -0.398 e. The van der Waals surface area contributed by atoms with Gasteiger partial charge in [-0.3, -0.25) is 4.79 Å². The van der Waals surface area contributed by atoms with Crippen molar-refractivity contribution in [3.63, 3.8) is 0 Å². The molecule has 0 saturated heterocycles. The highest BCUT2D eigenvalue weighted by atomic mass is 16.1. The van der Waals surface area contributed by atoms with Gasteiger partial charge in [-0.1, -0.05) is 13.8 Å². The molecule has 0 radical (unpaired) electrons. The van der Waals surface area contributed by atoms with E-state index in [1.54, 1.807) is 16.8 Å².